The highest BCUT2D eigenvalue weighted by Crippen LogP contribution is 2.41. The largest absolute Gasteiger partial charge is 0.573 e. The summed E-state index contributed by atoms with van der Waals surface area (Å²) < 4.78 is 53.6. The molecule has 194 valence electrons. The zero-order valence-corrected chi connectivity index (χ0v) is 19.8. The van der Waals surface area contributed by atoms with Gasteiger partial charge in [-0.05, 0) is 56.4 Å². The number of nitrogens with zero attached hydrogens (tertiary/aromatic N) is 3. The number of benzene rings is 2. The molecule has 3 rings (SSSR count). The van der Waals surface area contributed by atoms with Gasteiger partial charge in [0.1, 0.15) is 5.75 Å². The third-order valence-electron chi connectivity index (χ3n) is 4.56. The van der Waals surface area contributed by atoms with Gasteiger partial charge in [-0.25, -0.2) is 0 Å². The van der Waals surface area contributed by atoms with Gasteiger partial charge in [0.15, 0.2) is 24.6 Å². The molecule has 0 saturated carbocycles. The minimum absolute atomic E-state index is 0.0426. The maximum atomic E-state index is 12.7. The van der Waals surface area contributed by atoms with Crippen molar-refractivity contribution in [3.8, 4) is 11.6 Å². The van der Waals surface area contributed by atoms with Gasteiger partial charge in [0, 0.05) is 11.1 Å². The van der Waals surface area contributed by atoms with Crippen LogP contribution in [0.1, 0.15) is 13.8 Å². The summed E-state index contributed by atoms with van der Waals surface area (Å²) in [6.07, 6.45) is -8.63. The van der Waals surface area contributed by atoms with Crippen LogP contribution in [0, 0.1) is 0 Å². The van der Waals surface area contributed by atoms with Gasteiger partial charge in [0.25, 0.3) is 0 Å². The van der Waals surface area contributed by atoms with Crippen LogP contribution in [0.3, 0.4) is 0 Å². The third kappa shape index (κ3) is 7.60. The first-order chi connectivity index (χ1) is 16.9. The monoisotopic (exact) mass is 528 g/mol. The smallest absolute Gasteiger partial charge is 0.493 e. The molecule has 3 aromatic rings. The number of aromatic hydroxyl groups is 1. The number of hydrogen-bond donors (Lipinski definition) is 4. The van der Waals surface area contributed by atoms with Gasteiger partial charge in [-0.15, -0.1) is 23.4 Å². The van der Waals surface area contributed by atoms with E-state index >= 15 is 0 Å². The molecule has 1 aromatic heterocycles. The Bertz CT molecular complexity index is 1220. The summed E-state index contributed by atoms with van der Waals surface area (Å²) in [5, 5.41) is 40.9. The lowest BCUT2D eigenvalue weighted by Gasteiger charge is -2.20. The molecular formula is C22H23F3N4O6S. The predicted octanol–water partition coefficient (Wildman–Crippen LogP) is 4.76. The van der Waals surface area contributed by atoms with Gasteiger partial charge in [-0.1, -0.05) is 18.2 Å². The van der Waals surface area contributed by atoms with E-state index < -0.39 is 36.9 Å². The van der Waals surface area contributed by atoms with E-state index in [9.17, 15) is 28.5 Å². The van der Waals surface area contributed by atoms with Crippen molar-refractivity contribution in [2.24, 2.45) is 10.2 Å². The summed E-state index contributed by atoms with van der Waals surface area (Å²) in [7, 11) is 0. The average Bonchev–Trinajstić information content (AvgIpc) is 3.01. The highest BCUT2D eigenvalue weighted by atomic mass is 32.1. The zero-order valence-electron chi connectivity index (χ0n) is 19.0. The summed E-state index contributed by atoms with van der Waals surface area (Å²) in [5.74, 6) is -1.07. The van der Waals surface area contributed by atoms with E-state index in [0.29, 0.717) is 5.69 Å². The number of alkyl halides is 3. The number of hydrogen-bond acceptors (Lipinski definition) is 8. The van der Waals surface area contributed by atoms with Crippen LogP contribution in [0.4, 0.5) is 24.5 Å². The molecular weight excluding hydrogens is 505 g/mol. The molecule has 0 spiro atoms. The number of thiocarbonyl (C=S) groups is 1. The number of azo groups is 1. The lowest BCUT2D eigenvalue weighted by atomic mass is 10.2. The molecule has 1 heterocycles. The predicted molar refractivity (Wildman–Crippen MR) is 127 cm³/mol. The first-order valence-electron chi connectivity index (χ1n) is 10.5. The zero-order chi connectivity index (χ0) is 26.5. The fraction of sp³-hybridized carbons (Fsp3) is 0.318. The number of aromatic nitrogens is 1. The van der Waals surface area contributed by atoms with Crippen LogP contribution in [0.5, 0.6) is 11.6 Å². The van der Waals surface area contributed by atoms with Crippen LogP contribution < -0.4 is 10.1 Å². The fourth-order valence-corrected chi connectivity index (χ4v) is 3.44. The number of rotatable bonds is 9. The molecule has 4 N–H and O–H groups in total. The Morgan fingerprint density at radius 2 is 1.81 bits per heavy atom. The highest BCUT2D eigenvalue weighted by molar-refractivity contribution is 7.80. The molecule has 3 unspecified atom stereocenters. The summed E-state index contributed by atoms with van der Waals surface area (Å²) in [6.45, 7) is 2.43. The molecule has 0 aliphatic heterocycles. The Morgan fingerprint density at radius 1 is 1.11 bits per heavy atom. The van der Waals surface area contributed by atoms with Crippen molar-refractivity contribution in [1.82, 2.24) is 4.57 Å². The Hall–Kier alpha value is -3.30. The molecule has 0 fully saturated rings. The van der Waals surface area contributed by atoms with E-state index in [1.165, 1.54) is 19.9 Å². The summed E-state index contributed by atoms with van der Waals surface area (Å²) in [6, 6.07) is 12.1. The summed E-state index contributed by atoms with van der Waals surface area (Å²) >= 11 is 5.13. The molecule has 10 nitrogen and oxygen atoms in total. The molecule has 3 atom stereocenters. The third-order valence-corrected chi connectivity index (χ3v) is 4.74. The first kappa shape index (κ1) is 27.3. The number of nitrogens with one attached hydrogen (secondary N) is 1. The lowest BCUT2D eigenvalue weighted by Crippen LogP contribution is -2.28. The van der Waals surface area contributed by atoms with Crippen LogP contribution in [0.15, 0.2) is 58.8 Å². The van der Waals surface area contributed by atoms with Crippen molar-refractivity contribution in [3.05, 3.63) is 48.5 Å². The van der Waals surface area contributed by atoms with Gasteiger partial charge in [0.05, 0.1) is 12.1 Å². The first-order valence-corrected chi connectivity index (χ1v) is 10.9. The number of halogens is 3. The lowest BCUT2D eigenvalue weighted by molar-refractivity contribution is -0.274. The van der Waals surface area contributed by atoms with E-state index in [2.05, 4.69) is 20.3 Å². The van der Waals surface area contributed by atoms with Gasteiger partial charge < -0.3 is 39.4 Å². The van der Waals surface area contributed by atoms with Crippen LogP contribution in [-0.2, 0) is 16.0 Å². The minimum Gasteiger partial charge on any atom is -0.493 e. The number of anilines is 1. The Balaban J connectivity index is 1.93. The van der Waals surface area contributed by atoms with Crippen LogP contribution >= 0.6 is 12.2 Å². The second-order valence-corrected chi connectivity index (χ2v) is 7.79. The topological polar surface area (TPSA) is 130 Å². The SMILES string of the molecule is CC(O)OC(C)OC(O)Cn1c(O)c(N=NC(=S)Nc2ccccc2)c2cc(OC(F)(F)F)ccc21. The molecule has 0 aliphatic carbocycles. The van der Waals surface area contributed by atoms with Crippen LogP contribution in [0.2, 0.25) is 0 Å². The highest BCUT2D eigenvalue weighted by Gasteiger charge is 2.31. The molecule has 0 radical (unpaired) electrons. The van der Waals surface area contributed by atoms with E-state index in [4.69, 9.17) is 21.7 Å². The molecule has 2 aromatic carbocycles. The van der Waals surface area contributed by atoms with Crippen LogP contribution in [-0.4, -0.2) is 50.2 Å². The standard InChI is InChI=1S/C22H23F3N4O6S/c1-12(30)33-13(2)34-18(31)11-29-17-9-8-15(35-22(23,24)25)10-16(17)19(20(29)32)27-28-21(36)26-14-6-4-3-5-7-14/h3-10,12-13,18,30-32H,11H2,1-2H3,(H,26,36). The molecule has 0 bridgehead atoms. The Labute approximate surface area is 208 Å². The van der Waals surface area contributed by atoms with E-state index in [-0.39, 0.29) is 28.2 Å². The molecule has 0 saturated heterocycles. The summed E-state index contributed by atoms with van der Waals surface area (Å²) in [4.78, 5) is 0. The van der Waals surface area contributed by atoms with Crippen molar-refractivity contribution in [2.45, 2.75) is 45.6 Å². The number of para-hydroxylation sites is 1. The van der Waals surface area contributed by atoms with Gasteiger partial charge in [-0.3, -0.25) is 0 Å². The quantitative estimate of drug-likeness (QED) is 0.178. The van der Waals surface area contributed by atoms with E-state index in [1.54, 1.807) is 30.3 Å². The number of aliphatic hydroxyl groups is 2. The second-order valence-electron chi connectivity index (χ2n) is 7.40. The van der Waals surface area contributed by atoms with E-state index in [1.807, 2.05) is 0 Å². The summed E-state index contributed by atoms with van der Waals surface area (Å²) in [5.41, 5.74) is 0.614. The van der Waals surface area contributed by atoms with Gasteiger partial charge in [0.2, 0.25) is 11.0 Å². The van der Waals surface area contributed by atoms with Crippen molar-refractivity contribution in [2.75, 3.05) is 5.32 Å². The molecule has 0 aliphatic rings. The fourth-order valence-electron chi connectivity index (χ4n) is 3.28. The van der Waals surface area contributed by atoms with Crippen molar-refractivity contribution in [3.63, 3.8) is 0 Å². The average molecular weight is 529 g/mol. The van der Waals surface area contributed by atoms with Crippen molar-refractivity contribution in [1.29, 1.82) is 0 Å². The van der Waals surface area contributed by atoms with Gasteiger partial charge >= 0.3 is 6.36 Å². The Morgan fingerprint density at radius 3 is 2.44 bits per heavy atom. The van der Waals surface area contributed by atoms with Crippen molar-refractivity contribution < 1.29 is 42.7 Å². The minimum atomic E-state index is -4.94. The molecule has 14 heteroatoms. The Kier molecular flexibility index (Phi) is 8.81. The number of fused-ring (bicyclic) bond motifs is 1. The number of aliphatic hydroxyl groups excluding tert-OH is 2. The van der Waals surface area contributed by atoms with Gasteiger partial charge in [-0.2, -0.15) is 0 Å². The van der Waals surface area contributed by atoms with E-state index in [0.717, 1.165) is 16.7 Å². The maximum absolute atomic E-state index is 12.7. The maximum Gasteiger partial charge on any atom is 0.573 e. The molecule has 36 heavy (non-hydrogen) atoms. The van der Waals surface area contributed by atoms with Crippen molar-refractivity contribution >= 4 is 39.6 Å². The second kappa shape index (κ2) is 11.6. The normalized spacial score (nSPS) is 14.6. The van der Waals surface area contributed by atoms with Crippen LogP contribution in [0.25, 0.3) is 10.9 Å². The number of ether oxygens (including phenoxy) is 3. The molecule has 0 amide bonds.